The molecule has 0 spiro atoms. The van der Waals surface area contributed by atoms with Crippen LogP contribution >= 0.6 is 0 Å². The second kappa shape index (κ2) is 5.64. The van der Waals surface area contributed by atoms with Crippen molar-refractivity contribution in [1.82, 2.24) is 9.80 Å². The van der Waals surface area contributed by atoms with E-state index >= 15 is 0 Å². The molecule has 1 N–H and O–H groups in total. The van der Waals surface area contributed by atoms with Crippen LogP contribution in [0, 0.1) is 11.3 Å². The Balaban J connectivity index is 1.86. The fourth-order valence-electron chi connectivity index (χ4n) is 3.68. The summed E-state index contributed by atoms with van der Waals surface area (Å²) >= 11 is 0. The summed E-state index contributed by atoms with van der Waals surface area (Å²) in [7, 11) is 0. The Bertz CT molecular complexity index is 352. The average molecular weight is 282 g/mol. The molecule has 0 radical (unpaired) electrons. The van der Waals surface area contributed by atoms with Gasteiger partial charge in [0.1, 0.15) is 0 Å². The molecule has 2 aliphatic rings. The lowest BCUT2D eigenvalue weighted by molar-refractivity contribution is -0.140. The number of hydrogen-bond donors (Lipinski definition) is 1. The summed E-state index contributed by atoms with van der Waals surface area (Å²) in [6.07, 6.45) is 3.40. The third kappa shape index (κ3) is 3.73. The molecule has 0 bridgehead atoms. The molecular weight excluding hydrogens is 252 g/mol. The Kier molecular flexibility index (Phi) is 4.45. The molecule has 2 fully saturated rings. The lowest BCUT2D eigenvalue weighted by atomic mass is 9.81. The maximum absolute atomic E-state index is 12.7. The normalized spacial score (nSPS) is 27.9. The van der Waals surface area contributed by atoms with Gasteiger partial charge in [-0.1, -0.05) is 20.3 Å². The van der Waals surface area contributed by atoms with Gasteiger partial charge >= 0.3 is 0 Å². The lowest BCUT2D eigenvalue weighted by Gasteiger charge is -2.39. The minimum absolute atomic E-state index is 0.168. The minimum Gasteiger partial charge on any atom is -0.389 e. The van der Waals surface area contributed by atoms with Crippen LogP contribution in [-0.2, 0) is 4.79 Å². The Morgan fingerprint density at radius 3 is 2.30 bits per heavy atom. The largest absolute Gasteiger partial charge is 0.389 e. The molecule has 116 valence electrons. The zero-order chi connectivity index (χ0) is 15.0. The van der Waals surface area contributed by atoms with Crippen molar-refractivity contribution < 1.29 is 9.90 Å². The van der Waals surface area contributed by atoms with E-state index in [-0.39, 0.29) is 11.3 Å². The highest BCUT2D eigenvalue weighted by molar-refractivity contribution is 5.80. The molecule has 1 atom stereocenters. The van der Waals surface area contributed by atoms with Crippen molar-refractivity contribution in [2.45, 2.75) is 52.6 Å². The predicted molar refractivity (Wildman–Crippen MR) is 80.4 cm³/mol. The second-order valence-electron chi connectivity index (χ2n) is 7.85. The summed E-state index contributed by atoms with van der Waals surface area (Å²) in [6.45, 7) is 12.2. The predicted octanol–water partition coefficient (Wildman–Crippen LogP) is 1.73. The van der Waals surface area contributed by atoms with Crippen molar-refractivity contribution in [2.24, 2.45) is 11.3 Å². The number of rotatable bonds is 3. The Morgan fingerprint density at radius 2 is 1.85 bits per heavy atom. The minimum atomic E-state index is -0.653. The maximum atomic E-state index is 12.7. The second-order valence-corrected chi connectivity index (χ2v) is 7.85. The molecule has 2 rings (SSSR count). The molecule has 1 saturated carbocycles. The summed E-state index contributed by atoms with van der Waals surface area (Å²) in [6, 6.07) is 0. The van der Waals surface area contributed by atoms with Gasteiger partial charge in [-0.3, -0.25) is 9.69 Å². The number of piperazine rings is 1. The van der Waals surface area contributed by atoms with Crippen molar-refractivity contribution in [3.05, 3.63) is 0 Å². The molecule has 1 aliphatic heterocycles. The Hall–Kier alpha value is -0.610. The monoisotopic (exact) mass is 282 g/mol. The zero-order valence-electron chi connectivity index (χ0n) is 13.5. The van der Waals surface area contributed by atoms with Crippen LogP contribution < -0.4 is 0 Å². The van der Waals surface area contributed by atoms with Crippen LogP contribution in [0.15, 0.2) is 0 Å². The third-order valence-corrected chi connectivity index (χ3v) is 4.85. The summed E-state index contributed by atoms with van der Waals surface area (Å²) < 4.78 is 0. The number of aliphatic hydroxyl groups is 1. The third-order valence-electron chi connectivity index (χ3n) is 4.85. The van der Waals surface area contributed by atoms with E-state index in [0.29, 0.717) is 12.5 Å². The number of amides is 1. The summed E-state index contributed by atoms with van der Waals surface area (Å²) in [5.74, 6) is 0.568. The summed E-state index contributed by atoms with van der Waals surface area (Å²) in [5, 5.41) is 9.86. The van der Waals surface area contributed by atoms with Crippen molar-refractivity contribution in [2.75, 3.05) is 32.7 Å². The quantitative estimate of drug-likeness (QED) is 0.857. The van der Waals surface area contributed by atoms with Crippen LogP contribution in [0.5, 0.6) is 0 Å². The van der Waals surface area contributed by atoms with Gasteiger partial charge in [-0.25, -0.2) is 0 Å². The van der Waals surface area contributed by atoms with Crippen LogP contribution in [0.2, 0.25) is 0 Å². The van der Waals surface area contributed by atoms with Gasteiger partial charge in [0.25, 0.3) is 0 Å². The zero-order valence-corrected chi connectivity index (χ0v) is 13.5. The SMILES string of the molecule is CC(C)(O)CN1CCN(C(=O)C2CCCC2(C)C)CC1. The van der Waals surface area contributed by atoms with Crippen molar-refractivity contribution >= 4 is 5.91 Å². The Morgan fingerprint density at radius 1 is 1.25 bits per heavy atom. The van der Waals surface area contributed by atoms with Gasteiger partial charge in [0.05, 0.1) is 5.60 Å². The van der Waals surface area contributed by atoms with Crippen LogP contribution in [0.25, 0.3) is 0 Å². The first-order valence-corrected chi connectivity index (χ1v) is 7.93. The smallest absolute Gasteiger partial charge is 0.226 e. The Labute approximate surface area is 123 Å². The first-order valence-electron chi connectivity index (χ1n) is 7.93. The fraction of sp³-hybridized carbons (Fsp3) is 0.938. The molecule has 1 heterocycles. The molecule has 1 unspecified atom stereocenters. The molecule has 1 amide bonds. The highest BCUT2D eigenvalue weighted by Crippen LogP contribution is 2.43. The maximum Gasteiger partial charge on any atom is 0.226 e. The lowest BCUT2D eigenvalue weighted by Crippen LogP contribution is -2.53. The number of carbonyl (C=O) groups is 1. The molecule has 0 aromatic rings. The van der Waals surface area contributed by atoms with Crippen LogP contribution in [0.3, 0.4) is 0 Å². The first kappa shape index (κ1) is 15.8. The van der Waals surface area contributed by atoms with Crippen LogP contribution in [-0.4, -0.2) is 59.1 Å². The van der Waals surface area contributed by atoms with E-state index in [1.165, 1.54) is 12.8 Å². The summed E-state index contributed by atoms with van der Waals surface area (Å²) in [4.78, 5) is 17.0. The van der Waals surface area contributed by atoms with Crippen molar-refractivity contribution in [1.29, 1.82) is 0 Å². The van der Waals surface area contributed by atoms with E-state index in [1.807, 2.05) is 18.7 Å². The van der Waals surface area contributed by atoms with Gasteiger partial charge in [0.15, 0.2) is 0 Å². The van der Waals surface area contributed by atoms with Gasteiger partial charge in [-0.15, -0.1) is 0 Å². The van der Waals surface area contributed by atoms with Gasteiger partial charge in [0.2, 0.25) is 5.91 Å². The molecule has 4 heteroatoms. The van der Waals surface area contributed by atoms with Gasteiger partial charge in [0, 0.05) is 38.6 Å². The number of hydrogen-bond acceptors (Lipinski definition) is 3. The van der Waals surface area contributed by atoms with Crippen molar-refractivity contribution in [3.63, 3.8) is 0 Å². The molecule has 20 heavy (non-hydrogen) atoms. The van der Waals surface area contributed by atoms with Crippen molar-refractivity contribution in [3.8, 4) is 0 Å². The van der Waals surface area contributed by atoms with E-state index in [9.17, 15) is 9.90 Å². The highest BCUT2D eigenvalue weighted by Gasteiger charge is 2.41. The molecule has 1 saturated heterocycles. The van der Waals surface area contributed by atoms with Gasteiger partial charge < -0.3 is 10.0 Å². The van der Waals surface area contributed by atoms with Crippen LogP contribution in [0.4, 0.5) is 0 Å². The average Bonchev–Trinajstić information content (AvgIpc) is 2.67. The summed E-state index contributed by atoms with van der Waals surface area (Å²) in [5.41, 5.74) is -0.485. The molecule has 0 aromatic carbocycles. The molecule has 4 nitrogen and oxygen atoms in total. The topological polar surface area (TPSA) is 43.8 Å². The highest BCUT2D eigenvalue weighted by atomic mass is 16.3. The van der Waals surface area contributed by atoms with E-state index in [4.69, 9.17) is 0 Å². The first-order chi connectivity index (χ1) is 9.19. The molecule has 1 aliphatic carbocycles. The van der Waals surface area contributed by atoms with Gasteiger partial charge in [-0.05, 0) is 32.1 Å². The fourth-order valence-corrected chi connectivity index (χ4v) is 3.68. The van der Waals surface area contributed by atoms with Gasteiger partial charge in [-0.2, -0.15) is 0 Å². The van der Waals surface area contributed by atoms with E-state index in [1.54, 1.807) is 0 Å². The van der Waals surface area contributed by atoms with E-state index < -0.39 is 5.60 Å². The number of nitrogens with zero attached hydrogens (tertiary/aromatic N) is 2. The standard InChI is InChI=1S/C16H30N2O2/c1-15(2)7-5-6-13(15)14(19)18-10-8-17(9-11-18)12-16(3,4)20/h13,20H,5-12H2,1-4H3. The number of carbonyl (C=O) groups excluding carboxylic acids is 1. The van der Waals surface area contributed by atoms with Crippen LogP contribution in [0.1, 0.15) is 47.0 Å². The number of β-amino-alcohol motifs (C(OH)–C–C–N with tert-alkyl or cyclic N) is 1. The molecule has 0 aromatic heterocycles. The van der Waals surface area contributed by atoms with E-state index in [0.717, 1.165) is 32.6 Å². The molecular formula is C16H30N2O2. The van der Waals surface area contributed by atoms with E-state index in [2.05, 4.69) is 18.7 Å².